The van der Waals surface area contributed by atoms with Crippen molar-refractivity contribution in [2.45, 2.75) is 13.5 Å². The summed E-state index contributed by atoms with van der Waals surface area (Å²) in [5.74, 6) is -3.95. The fourth-order valence-electron chi connectivity index (χ4n) is 2.80. The lowest BCUT2D eigenvalue weighted by Crippen LogP contribution is -2.22. The number of carboxylic acid groups (broad SMARTS) is 2. The van der Waals surface area contributed by atoms with Gasteiger partial charge < -0.3 is 19.8 Å². The normalized spacial score (nSPS) is 11.1. The van der Waals surface area contributed by atoms with Crippen LogP contribution in [0.2, 0.25) is 0 Å². The number of aromatic amines is 1. The van der Waals surface area contributed by atoms with E-state index in [0.717, 1.165) is 18.5 Å². The number of carboxylic acids is 2. The number of fused-ring (bicyclic) bond motifs is 3. The van der Waals surface area contributed by atoms with Gasteiger partial charge in [0.25, 0.3) is 0 Å². The SMILES string of the molecule is CCn1cc(C(=O)O)c(=O)c2cc(F)c3[nH]cc(C(=O)O)c(=O)c3c21. The summed E-state index contributed by atoms with van der Waals surface area (Å²) in [6, 6.07) is 0.842. The monoisotopic (exact) mass is 346 g/mol. The number of hydrogen-bond acceptors (Lipinski definition) is 4. The topological polar surface area (TPSA) is 129 Å². The van der Waals surface area contributed by atoms with Gasteiger partial charge in [0.1, 0.15) is 16.9 Å². The highest BCUT2D eigenvalue weighted by molar-refractivity contribution is 6.07. The lowest BCUT2D eigenvalue weighted by Gasteiger charge is -2.13. The van der Waals surface area contributed by atoms with Crippen LogP contribution in [-0.2, 0) is 6.54 Å². The van der Waals surface area contributed by atoms with E-state index in [9.17, 15) is 23.6 Å². The van der Waals surface area contributed by atoms with E-state index in [1.807, 2.05) is 0 Å². The van der Waals surface area contributed by atoms with E-state index in [4.69, 9.17) is 10.2 Å². The van der Waals surface area contributed by atoms with E-state index in [2.05, 4.69) is 4.98 Å². The van der Waals surface area contributed by atoms with Crippen molar-refractivity contribution in [1.82, 2.24) is 9.55 Å². The predicted octanol–water partition coefficient (Wildman–Crippen LogP) is 1.40. The standard InChI is InChI=1S/C16H11FN2O6/c1-2-19-5-8(16(24)25)13(20)6-3-9(17)11-10(12(6)19)14(21)7(4-18-11)15(22)23/h3-5H,2H2,1H3,(H,18,21)(H,22,23)(H,24,25). The quantitative estimate of drug-likeness (QED) is 0.615. The molecule has 0 aliphatic rings. The molecule has 128 valence electrons. The highest BCUT2D eigenvalue weighted by atomic mass is 19.1. The van der Waals surface area contributed by atoms with Crippen molar-refractivity contribution in [2.75, 3.05) is 0 Å². The molecule has 0 aliphatic heterocycles. The number of hydrogen-bond donors (Lipinski definition) is 3. The Bertz CT molecular complexity index is 1190. The van der Waals surface area contributed by atoms with Gasteiger partial charge in [-0.15, -0.1) is 0 Å². The largest absolute Gasteiger partial charge is 0.477 e. The summed E-state index contributed by atoms with van der Waals surface area (Å²) in [5, 5.41) is 17.6. The Morgan fingerprint density at radius 3 is 2.36 bits per heavy atom. The number of halogens is 1. The number of aromatic nitrogens is 2. The third-order valence-corrected chi connectivity index (χ3v) is 3.95. The van der Waals surface area contributed by atoms with Crippen LogP contribution in [0, 0.1) is 5.82 Å². The zero-order valence-corrected chi connectivity index (χ0v) is 12.8. The molecule has 8 nitrogen and oxygen atoms in total. The van der Waals surface area contributed by atoms with Crippen molar-refractivity contribution in [2.24, 2.45) is 0 Å². The third kappa shape index (κ3) is 2.28. The lowest BCUT2D eigenvalue weighted by molar-refractivity contribution is 0.0684. The van der Waals surface area contributed by atoms with Gasteiger partial charge in [0.2, 0.25) is 10.9 Å². The molecule has 0 aliphatic carbocycles. The van der Waals surface area contributed by atoms with Gasteiger partial charge in [-0.25, -0.2) is 14.0 Å². The van der Waals surface area contributed by atoms with Gasteiger partial charge in [-0.1, -0.05) is 0 Å². The molecule has 0 bridgehead atoms. The van der Waals surface area contributed by atoms with E-state index < -0.39 is 39.7 Å². The molecule has 0 atom stereocenters. The Labute approximate surface area is 137 Å². The molecule has 0 unspecified atom stereocenters. The molecule has 0 amide bonds. The van der Waals surface area contributed by atoms with E-state index >= 15 is 0 Å². The molecule has 2 aromatic heterocycles. The minimum Gasteiger partial charge on any atom is -0.477 e. The van der Waals surface area contributed by atoms with Crippen molar-refractivity contribution in [3.63, 3.8) is 0 Å². The highest BCUT2D eigenvalue weighted by Gasteiger charge is 2.22. The van der Waals surface area contributed by atoms with Gasteiger partial charge in [0, 0.05) is 18.9 Å². The second kappa shape index (κ2) is 5.55. The van der Waals surface area contributed by atoms with Gasteiger partial charge in [-0.3, -0.25) is 9.59 Å². The van der Waals surface area contributed by atoms with E-state index in [0.29, 0.717) is 0 Å². The highest BCUT2D eigenvalue weighted by Crippen LogP contribution is 2.24. The summed E-state index contributed by atoms with van der Waals surface area (Å²) in [6.07, 6.45) is 1.93. The summed E-state index contributed by atoms with van der Waals surface area (Å²) in [6.45, 7) is 1.81. The molecule has 0 fully saturated rings. The molecule has 0 saturated heterocycles. The number of nitrogens with zero attached hydrogens (tertiary/aromatic N) is 1. The Kier molecular flexibility index (Phi) is 3.63. The Hall–Kier alpha value is -3.49. The number of pyridine rings is 2. The molecule has 3 rings (SSSR count). The number of carbonyl (C=O) groups is 2. The number of aromatic carboxylic acids is 2. The summed E-state index contributed by atoms with van der Waals surface area (Å²) in [7, 11) is 0. The van der Waals surface area contributed by atoms with Gasteiger partial charge in [0.05, 0.1) is 21.8 Å². The maximum Gasteiger partial charge on any atom is 0.341 e. The van der Waals surface area contributed by atoms with E-state index in [-0.39, 0.29) is 28.4 Å². The van der Waals surface area contributed by atoms with Crippen LogP contribution in [0.15, 0.2) is 28.0 Å². The van der Waals surface area contributed by atoms with E-state index in [1.54, 1.807) is 6.92 Å². The molecule has 3 aromatic rings. The van der Waals surface area contributed by atoms with Gasteiger partial charge in [-0.2, -0.15) is 0 Å². The molecule has 0 radical (unpaired) electrons. The zero-order valence-electron chi connectivity index (χ0n) is 12.8. The molecule has 9 heteroatoms. The fourth-order valence-corrected chi connectivity index (χ4v) is 2.80. The summed E-state index contributed by atoms with van der Waals surface area (Å²) < 4.78 is 15.7. The first-order chi connectivity index (χ1) is 11.8. The molecule has 2 heterocycles. The first-order valence-corrected chi connectivity index (χ1v) is 7.15. The van der Waals surface area contributed by atoms with Crippen LogP contribution in [0.5, 0.6) is 0 Å². The summed E-state index contributed by atoms with van der Waals surface area (Å²) in [4.78, 5) is 49.8. The average molecular weight is 346 g/mol. The molecule has 1 aromatic carbocycles. The van der Waals surface area contributed by atoms with Crippen LogP contribution in [0.1, 0.15) is 27.6 Å². The average Bonchev–Trinajstić information content (AvgIpc) is 2.55. The third-order valence-electron chi connectivity index (χ3n) is 3.95. The van der Waals surface area contributed by atoms with Crippen LogP contribution in [0.3, 0.4) is 0 Å². The number of nitrogens with one attached hydrogen (secondary N) is 1. The first-order valence-electron chi connectivity index (χ1n) is 7.15. The van der Waals surface area contributed by atoms with Crippen molar-refractivity contribution in [1.29, 1.82) is 0 Å². The van der Waals surface area contributed by atoms with Crippen LogP contribution in [-0.4, -0.2) is 31.7 Å². The minimum atomic E-state index is -1.51. The second-order valence-corrected chi connectivity index (χ2v) is 5.30. The first kappa shape index (κ1) is 16.4. The number of H-pyrrole nitrogens is 1. The molecule has 0 saturated carbocycles. The molecular weight excluding hydrogens is 335 g/mol. The maximum absolute atomic E-state index is 14.4. The molecule has 3 N–H and O–H groups in total. The van der Waals surface area contributed by atoms with Crippen molar-refractivity contribution in [3.8, 4) is 0 Å². The number of aryl methyl sites for hydroxylation is 1. The van der Waals surface area contributed by atoms with Crippen LogP contribution in [0.25, 0.3) is 21.8 Å². The maximum atomic E-state index is 14.4. The number of rotatable bonds is 3. The van der Waals surface area contributed by atoms with Crippen LogP contribution < -0.4 is 10.9 Å². The summed E-state index contributed by atoms with van der Waals surface area (Å²) >= 11 is 0. The van der Waals surface area contributed by atoms with Crippen molar-refractivity contribution >= 4 is 33.7 Å². The van der Waals surface area contributed by atoms with Crippen LogP contribution in [0.4, 0.5) is 4.39 Å². The van der Waals surface area contributed by atoms with Crippen molar-refractivity contribution < 1.29 is 24.2 Å². The van der Waals surface area contributed by atoms with E-state index in [1.165, 1.54) is 4.57 Å². The number of benzene rings is 1. The van der Waals surface area contributed by atoms with Gasteiger partial charge in [-0.05, 0) is 13.0 Å². The predicted molar refractivity (Wildman–Crippen MR) is 85.9 cm³/mol. The molecule has 0 spiro atoms. The minimum absolute atomic E-state index is 0.0155. The van der Waals surface area contributed by atoms with Crippen molar-refractivity contribution in [3.05, 3.63) is 55.9 Å². The molecular formula is C16H11FN2O6. The zero-order chi connectivity index (χ0) is 18.5. The Balaban J connectivity index is 2.71. The molecule has 25 heavy (non-hydrogen) atoms. The Morgan fingerprint density at radius 2 is 1.80 bits per heavy atom. The summed E-state index contributed by atoms with van der Waals surface area (Å²) in [5.41, 5.74) is -3.37. The Morgan fingerprint density at radius 1 is 1.16 bits per heavy atom. The second-order valence-electron chi connectivity index (χ2n) is 5.30. The van der Waals surface area contributed by atoms with Crippen LogP contribution >= 0.6 is 0 Å². The van der Waals surface area contributed by atoms with Gasteiger partial charge in [0.15, 0.2) is 0 Å². The lowest BCUT2D eigenvalue weighted by atomic mass is 10.0. The smallest absolute Gasteiger partial charge is 0.341 e. The van der Waals surface area contributed by atoms with Gasteiger partial charge >= 0.3 is 11.9 Å². The fraction of sp³-hybridized carbons (Fsp3) is 0.125.